The SMILES string of the molecule is CC(C)[C@H](NCc1ccc(OCC(F)(F)F)c(F)c1)C(=O)O. The van der Waals surface area contributed by atoms with Gasteiger partial charge in [-0.15, -0.1) is 0 Å². The van der Waals surface area contributed by atoms with Crippen LogP contribution < -0.4 is 10.1 Å². The predicted octanol–water partition coefficient (Wildman–Crippen LogP) is 2.97. The van der Waals surface area contributed by atoms with Crippen molar-refractivity contribution in [2.45, 2.75) is 32.6 Å². The molecule has 0 aliphatic rings. The van der Waals surface area contributed by atoms with Gasteiger partial charge in [0.2, 0.25) is 0 Å². The average molecular weight is 323 g/mol. The van der Waals surface area contributed by atoms with Crippen molar-refractivity contribution in [1.82, 2.24) is 5.32 Å². The number of carboxylic acid groups (broad SMARTS) is 1. The first-order valence-electron chi connectivity index (χ1n) is 6.54. The zero-order chi connectivity index (χ0) is 16.9. The second kappa shape index (κ2) is 7.44. The van der Waals surface area contributed by atoms with Crippen molar-refractivity contribution in [1.29, 1.82) is 0 Å². The minimum atomic E-state index is -4.54. The Morgan fingerprint density at radius 2 is 2.00 bits per heavy atom. The Bertz CT molecular complexity index is 517. The standard InChI is InChI=1S/C14H17F4NO3/c1-8(2)12(13(20)21)19-6-9-3-4-11(10(15)5-9)22-7-14(16,17)18/h3-5,8,12,19H,6-7H2,1-2H3,(H,20,21)/t12-/m0/s1. The molecule has 0 saturated heterocycles. The molecule has 1 rings (SSSR count). The molecule has 1 atom stereocenters. The van der Waals surface area contributed by atoms with E-state index in [2.05, 4.69) is 10.1 Å². The summed E-state index contributed by atoms with van der Waals surface area (Å²) in [6.45, 7) is 1.95. The third-order valence-electron chi connectivity index (χ3n) is 2.85. The highest BCUT2D eigenvalue weighted by Gasteiger charge is 2.29. The summed E-state index contributed by atoms with van der Waals surface area (Å²) in [4.78, 5) is 11.0. The zero-order valence-electron chi connectivity index (χ0n) is 12.1. The fourth-order valence-corrected chi connectivity index (χ4v) is 1.77. The summed E-state index contributed by atoms with van der Waals surface area (Å²) in [5, 5.41) is 11.8. The molecule has 8 heteroatoms. The van der Waals surface area contributed by atoms with Crippen molar-refractivity contribution in [3.63, 3.8) is 0 Å². The Labute approximate surface area is 125 Å². The van der Waals surface area contributed by atoms with Gasteiger partial charge in [0.05, 0.1) is 0 Å². The van der Waals surface area contributed by atoms with Gasteiger partial charge >= 0.3 is 12.1 Å². The van der Waals surface area contributed by atoms with Crippen LogP contribution in [0.4, 0.5) is 17.6 Å². The molecule has 0 radical (unpaired) electrons. The number of rotatable bonds is 7. The maximum Gasteiger partial charge on any atom is 0.422 e. The molecule has 0 aliphatic carbocycles. The number of carbonyl (C=O) groups is 1. The van der Waals surface area contributed by atoms with Crippen LogP contribution in [0.1, 0.15) is 19.4 Å². The van der Waals surface area contributed by atoms with Crippen molar-refractivity contribution in [2.75, 3.05) is 6.61 Å². The van der Waals surface area contributed by atoms with Gasteiger partial charge in [-0.3, -0.25) is 4.79 Å². The van der Waals surface area contributed by atoms with Gasteiger partial charge in [0.1, 0.15) is 6.04 Å². The van der Waals surface area contributed by atoms with E-state index in [0.29, 0.717) is 5.56 Å². The summed E-state index contributed by atoms with van der Waals surface area (Å²) >= 11 is 0. The fourth-order valence-electron chi connectivity index (χ4n) is 1.77. The molecule has 0 aliphatic heterocycles. The van der Waals surface area contributed by atoms with Crippen LogP contribution in [-0.2, 0) is 11.3 Å². The van der Waals surface area contributed by atoms with Gasteiger partial charge < -0.3 is 15.2 Å². The first-order chi connectivity index (χ1) is 10.1. The quantitative estimate of drug-likeness (QED) is 0.758. The normalized spacial score (nSPS) is 13.2. The molecule has 1 aromatic carbocycles. The van der Waals surface area contributed by atoms with Crippen molar-refractivity contribution in [2.24, 2.45) is 5.92 Å². The topological polar surface area (TPSA) is 58.6 Å². The lowest BCUT2D eigenvalue weighted by atomic mass is 10.0. The summed E-state index contributed by atoms with van der Waals surface area (Å²) in [7, 11) is 0. The van der Waals surface area contributed by atoms with Gasteiger partial charge in [0, 0.05) is 6.54 Å². The molecule has 0 amide bonds. The predicted molar refractivity (Wildman–Crippen MR) is 71.1 cm³/mol. The van der Waals surface area contributed by atoms with Crippen LogP contribution in [0.2, 0.25) is 0 Å². The van der Waals surface area contributed by atoms with Crippen molar-refractivity contribution >= 4 is 5.97 Å². The number of carboxylic acids is 1. The van der Waals surface area contributed by atoms with E-state index in [0.717, 1.165) is 12.1 Å². The lowest BCUT2D eigenvalue weighted by Gasteiger charge is -2.18. The molecule has 0 bridgehead atoms. The van der Waals surface area contributed by atoms with Crippen molar-refractivity contribution in [3.8, 4) is 5.75 Å². The number of nitrogens with one attached hydrogen (secondary N) is 1. The largest absolute Gasteiger partial charge is 0.481 e. The smallest absolute Gasteiger partial charge is 0.422 e. The highest BCUT2D eigenvalue weighted by Crippen LogP contribution is 2.22. The maximum absolute atomic E-state index is 13.6. The van der Waals surface area contributed by atoms with Gasteiger partial charge in [-0.05, 0) is 23.6 Å². The molecule has 0 aromatic heterocycles. The number of halogens is 4. The second-order valence-electron chi connectivity index (χ2n) is 5.11. The highest BCUT2D eigenvalue weighted by molar-refractivity contribution is 5.73. The van der Waals surface area contributed by atoms with Gasteiger partial charge in [-0.2, -0.15) is 13.2 Å². The average Bonchev–Trinajstić information content (AvgIpc) is 2.35. The van der Waals surface area contributed by atoms with Crippen LogP contribution >= 0.6 is 0 Å². The summed E-state index contributed by atoms with van der Waals surface area (Å²) < 4.78 is 54.0. The molecule has 0 unspecified atom stereocenters. The van der Waals surface area contributed by atoms with Crippen LogP contribution in [0.25, 0.3) is 0 Å². The van der Waals surface area contributed by atoms with Crippen molar-refractivity contribution in [3.05, 3.63) is 29.6 Å². The van der Waals surface area contributed by atoms with Crippen LogP contribution in [-0.4, -0.2) is 29.9 Å². The Balaban J connectivity index is 2.67. The van der Waals surface area contributed by atoms with E-state index in [9.17, 15) is 22.4 Å². The van der Waals surface area contributed by atoms with E-state index in [1.165, 1.54) is 6.07 Å². The fraction of sp³-hybridized carbons (Fsp3) is 0.500. The molecule has 0 fully saturated rings. The summed E-state index contributed by atoms with van der Waals surface area (Å²) in [6.07, 6.45) is -4.54. The number of ether oxygens (including phenoxy) is 1. The number of aliphatic carboxylic acids is 1. The molecule has 2 N–H and O–H groups in total. The van der Waals surface area contributed by atoms with Gasteiger partial charge in [-0.25, -0.2) is 4.39 Å². The van der Waals surface area contributed by atoms with Crippen molar-refractivity contribution < 1.29 is 32.2 Å². The molecule has 22 heavy (non-hydrogen) atoms. The molecule has 0 spiro atoms. The van der Waals surface area contributed by atoms with E-state index in [4.69, 9.17) is 5.11 Å². The van der Waals surface area contributed by atoms with E-state index < -0.39 is 36.4 Å². The second-order valence-corrected chi connectivity index (χ2v) is 5.11. The number of alkyl halides is 3. The monoisotopic (exact) mass is 323 g/mol. The molecule has 4 nitrogen and oxygen atoms in total. The van der Waals surface area contributed by atoms with E-state index in [-0.39, 0.29) is 12.5 Å². The molecular formula is C14H17F4NO3. The van der Waals surface area contributed by atoms with Crippen LogP contribution in [0.15, 0.2) is 18.2 Å². The van der Waals surface area contributed by atoms with E-state index >= 15 is 0 Å². The van der Waals surface area contributed by atoms with Crippen LogP contribution in [0.3, 0.4) is 0 Å². The highest BCUT2D eigenvalue weighted by atomic mass is 19.4. The first kappa shape index (κ1) is 18.2. The Hall–Kier alpha value is -1.83. The lowest BCUT2D eigenvalue weighted by molar-refractivity contribution is -0.153. The van der Waals surface area contributed by atoms with Gasteiger partial charge in [-0.1, -0.05) is 19.9 Å². The first-order valence-corrected chi connectivity index (χ1v) is 6.54. The molecule has 1 aromatic rings. The lowest BCUT2D eigenvalue weighted by Crippen LogP contribution is -2.40. The van der Waals surface area contributed by atoms with Gasteiger partial charge in [0.25, 0.3) is 0 Å². The van der Waals surface area contributed by atoms with E-state index in [1.54, 1.807) is 13.8 Å². The minimum absolute atomic E-state index is 0.0750. The van der Waals surface area contributed by atoms with E-state index in [1.807, 2.05) is 0 Å². The number of hydrogen-bond donors (Lipinski definition) is 2. The molecule has 0 saturated carbocycles. The Morgan fingerprint density at radius 3 is 2.45 bits per heavy atom. The maximum atomic E-state index is 13.6. The number of hydrogen-bond acceptors (Lipinski definition) is 3. The zero-order valence-corrected chi connectivity index (χ0v) is 12.1. The van der Waals surface area contributed by atoms with Crippen LogP contribution in [0.5, 0.6) is 5.75 Å². The van der Waals surface area contributed by atoms with Crippen LogP contribution in [0, 0.1) is 11.7 Å². The molecular weight excluding hydrogens is 306 g/mol. The third-order valence-corrected chi connectivity index (χ3v) is 2.85. The Kier molecular flexibility index (Phi) is 6.16. The third kappa shape index (κ3) is 5.88. The van der Waals surface area contributed by atoms with Gasteiger partial charge in [0.15, 0.2) is 18.2 Å². The number of benzene rings is 1. The Morgan fingerprint density at radius 1 is 1.36 bits per heavy atom. The summed E-state index contributed by atoms with van der Waals surface area (Å²) in [5.74, 6) is -2.63. The molecule has 124 valence electrons. The summed E-state index contributed by atoms with van der Waals surface area (Å²) in [5.41, 5.74) is 0.406. The minimum Gasteiger partial charge on any atom is -0.481 e. The summed E-state index contributed by atoms with van der Waals surface area (Å²) in [6, 6.07) is 2.67. The molecule has 0 heterocycles.